The van der Waals surface area contributed by atoms with Gasteiger partial charge in [0.25, 0.3) is 5.91 Å². The zero-order valence-electron chi connectivity index (χ0n) is 22.4. The number of carbonyl (C=O) groups excluding carboxylic acids is 5. The lowest BCUT2D eigenvalue weighted by atomic mass is 10.1. The minimum absolute atomic E-state index is 0.00372. The van der Waals surface area contributed by atoms with Gasteiger partial charge in [-0.15, -0.1) is 0 Å². The maximum Gasteiger partial charge on any atom is 0.408 e. The van der Waals surface area contributed by atoms with E-state index in [0.29, 0.717) is 5.56 Å². The first-order valence-corrected chi connectivity index (χ1v) is 12.1. The number of Topliss-reactive ketones (excluding diaryl/α,β-unsaturated/α-hetero) is 1. The summed E-state index contributed by atoms with van der Waals surface area (Å²) in [5.74, 6) is -3.09. The van der Waals surface area contributed by atoms with Gasteiger partial charge in [0.2, 0.25) is 11.7 Å². The monoisotopic (exact) mass is 525 g/mol. The van der Waals surface area contributed by atoms with Gasteiger partial charge < -0.3 is 24.6 Å². The van der Waals surface area contributed by atoms with Gasteiger partial charge in [0, 0.05) is 13.1 Å². The molecule has 0 saturated carbocycles. The first-order chi connectivity index (χ1) is 17.9. The van der Waals surface area contributed by atoms with Crippen molar-refractivity contribution in [3.63, 3.8) is 0 Å². The first kappa shape index (κ1) is 30.0. The molecule has 0 unspecified atom stereocenters. The minimum atomic E-state index is -1.04. The zero-order valence-corrected chi connectivity index (χ0v) is 22.4. The summed E-state index contributed by atoms with van der Waals surface area (Å²) in [4.78, 5) is 66.0. The Morgan fingerprint density at radius 2 is 1.32 bits per heavy atom. The van der Waals surface area contributed by atoms with Crippen LogP contribution in [0.4, 0.5) is 4.79 Å². The number of nitrogens with zero attached hydrogens (tertiary/aromatic N) is 2. The number of carbonyl (C=O) groups is 5. The van der Waals surface area contributed by atoms with Gasteiger partial charge in [0.15, 0.2) is 0 Å². The molecule has 204 valence electrons. The highest BCUT2D eigenvalue weighted by atomic mass is 16.6. The van der Waals surface area contributed by atoms with Crippen LogP contribution in [-0.2, 0) is 41.7 Å². The summed E-state index contributed by atoms with van der Waals surface area (Å²) < 4.78 is 9.91. The standard InChI is InChI=1S/C28H35N3O7/c1-20(29-27(36)38-28(2,3)4)25(34)30(16-21-12-8-6-9-13-21)18-23(32)26(35)31(19-24(33)37-5)17-22-14-10-7-11-15-22/h6-15,20H,16-19H2,1-5H3,(H,29,36)/t20-/m0/s1. The van der Waals surface area contributed by atoms with Crippen molar-refractivity contribution in [2.45, 2.75) is 52.4 Å². The largest absolute Gasteiger partial charge is 0.468 e. The number of amides is 3. The quantitative estimate of drug-likeness (QED) is 0.354. The molecule has 1 N–H and O–H groups in total. The Kier molecular flexibility index (Phi) is 11.0. The number of nitrogens with one attached hydrogen (secondary N) is 1. The molecule has 0 fully saturated rings. The van der Waals surface area contributed by atoms with Crippen molar-refractivity contribution in [2.24, 2.45) is 0 Å². The van der Waals surface area contributed by atoms with Crippen LogP contribution in [0, 0.1) is 0 Å². The summed E-state index contributed by atoms with van der Waals surface area (Å²) in [6.07, 6.45) is -0.785. The third-order valence-corrected chi connectivity index (χ3v) is 5.26. The number of ketones is 1. The van der Waals surface area contributed by atoms with Crippen LogP contribution in [0.3, 0.4) is 0 Å². The van der Waals surface area contributed by atoms with Gasteiger partial charge >= 0.3 is 12.1 Å². The number of benzene rings is 2. The van der Waals surface area contributed by atoms with Crippen LogP contribution in [0.5, 0.6) is 0 Å². The number of methoxy groups -OCH3 is 1. The Morgan fingerprint density at radius 1 is 0.816 bits per heavy atom. The zero-order chi connectivity index (χ0) is 28.3. The summed E-state index contributed by atoms with van der Waals surface area (Å²) in [5.41, 5.74) is 0.673. The second kappa shape index (κ2) is 13.9. The highest BCUT2D eigenvalue weighted by molar-refractivity contribution is 6.37. The van der Waals surface area contributed by atoms with Crippen molar-refractivity contribution in [3.05, 3.63) is 71.8 Å². The molecule has 3 amide bonds. The van der Waals surface area contributed by atoms with Crippen LogP contribution in [0.1, 0.15) is 38.8 Å². The molecule has 10 heteroatoms. The van der Waals surface area contributed by atoms with Crippen LogP contribution in [-0.4, -0.2) is 71.3 Å². The number of hydrogen-bond donors (Lipinski definition) is 1. The van der Waals surface area contributed by atoms with E-state index >= 15 is 0 Å². The molecule has 0 spiro atoms. The van der Waals surface area contributed by atoms with E-state index in [9.17, 15) is 24.0 Å². The van der Waals surface area contributed by atoms with Gasteiger partial charge in [-0.3, -0.25) is 19.2 Å². The van der Waals surface area contributed by atoms with Crippen molar-refractivity contribution in [1.82, 2.24) is 15.1 Å². The highest BCUT2D eigenvalue weighted by Crippen LogP contribution is 2.11. The van der Waals surface area contributed by atoms with Gasteiger partial charge in [0.1, 0.15) is 18.2 Å². The number of ether oxygens (including phenoxy) is 2. The topological polar surface area (TPSA) is 122 Å². The normalized spacial score (nSPS) is 11.6. The van der Waals surface area contributed by atoms with E-state index in [1.807, 2.05) is 6.07 Å². The summed E-state index contributed by atoms with van der Waals surface area (Å²) in [6, 6.07) is 16.8. The predicted molar refractivity (Wildman–Crippen MR) is 140 cm³/mol. The van der Waals surface area contributed by atoms with Gasteiger partial charge in [-0.05, 0) is 38.8 Å². The van der Waals surface area contributed by atoms with Crippen LogP contribution in [0.2, 0.25) is 0 Å². The van der Waals surface area contributed by atoms with E-state index in [2.05, 4.69) is 10.1 Å². The van der Waals surface area contributed by atoms with Crippen LogP contribution >= 0.6 is 0 Å². The predicted octanol–water partition coefficient (Wildman–Crippen LogP) is 2.70. The van der Waals surface area contributed by atoms with Crippen LogP contribution in [0.15, 0.2) is 60.7 Å². The molecule has 2 rings (SSSR count). The van der Waals surface area contributed by atoms with E-state index in [-0.39, 0.29) is 13.1 Å². The van der Waals surface area contributed by atoms with Gasteiger partial charge in [-0.25, -0.2) is 4.79 Å². The lowest BCUT2D eigenvalue weighted by Crippen LogP contribution is -2.51. The molecule has 2 aromatic carbocycles. The SMILES string of the molecule is COC(=O)CN(Cc1ccccc1)C(=O)C(=O)CN(Cc1ccccc1)C(=O)[C@H](C)NC(=O)OC(C)(C)C. The van der Waals surface area contributed by atoms with E-state index in [0.717, 1.165) is 10.5 Å². The first-order valence-electron chi connectivity index (χ1n) is 12.1. The molecule has 0 heterocycles. The highest BCUT2D eigenvalue weighted by Gasteiger charge is 2.30. The third-order valence-electron chi connectivity index (χ3n) is 5.26. The maximum atomic E-state index is 13.3. The van der Waals surface area contributed by atoms with Crippen LogP contribution < -0.4 is 5.32 Å². The van der Waals surface area contributed by atoms with Crippen molar-refractivity contribution >= 4 is 29.7 Å². The van der Waals surface area contributed by atoms with Crippen molar-refractivity contribution in [3.8, 4) is 0 Å². The second-order valence-electron chi connectivity index (χ2n) is 9.69. The van der Waals surface area contributed by atoms with E-state index in [4.69, 9.17) is 4.74 Å². The molecule has 2 aromatic rings. The molecule has 0 aliphatic rings. The smallest absolute Gasteiger partial charge is 0.408 e. The lowest BCUT2D eigenvalue weighted by Gasteiger charge is -2.28. The molecule has 1 atom stereocenters. The Morgan fingerprint density at radius 3 is 1.79 bits per heavy atom. The molecular formula is C28H35N3O7. The summed E-state index contributed by atoms with van der Waals surface area (Å²) in [5, 5.41) is 2.47. The second-order valence-corrected chi connectivity index (χ2v) is 9.69. The fourth-order valence-electron chi connectivity index (χ4n) is 3.48. The van der Waals surface area contributed by atoms with E-state index < -0.39 is 54.4 Å². The molecule has 0 aliphatic heterocycles. The van der Waals surface area contributed by atoms with Crippen LogP contribution in [0.25, 0.3) is 0 Å². The number of rotatable bonds is 11. The molecular weight excluding hydrogens is 490 g/mol. The molecule has 38 heavy (non-hydrogen) atoms. The van der Waals surface area contributed by atoms with Crippen molar-refractivity contribution < 1.29 is 33.4 Å². The molecule has 0 aromatic heterocycles. The van der Waals surface area contributed by atoms with E-state index in [1.165, 1.54) is 18.9 Å². The molecule has 0 radical (unpaired) electrons. The van der Waals surface area contributed by atoms with Gasteiger partial charge in [-0.2, -0.15) is 0 Å². The Labute approximate surface area is 222 Å². The van der Waals surface area contributed by atoms with Crippen molar-refractivity contribution in [1.29, 1.82) is 0 Å². The molecule has 0 bridgehead atoms. The Balaban J connectivity index is 2.23. The van der Waals surface area contributed by atoms with Gasteiger partial charge in [-0.1, -0.05) is 60.7 Å². The molecule has 10 nitrogen and oxygen atoms in total. The number of hydrogen-bond acceptors (Lipinski definition) is 7. The Hall–Kier alpha value is -4.21. The summed E-state index contributed by atoms with van der Waals surface area (Å²) in [6.45, 7) is 5.59. The average molecular weight is 526 g/mol. The number of esters is 1. The van der Waals surface area contributed by atoms with E-state index in [1.54, 1.807) is 75.4 Å². The average Bonchev–Trinajstić information content (AvgIpc) is 2.86. The minimum Gasteiger partial charge on any atom is -0.468 e. The molecule has 0 aliphatic carbocycles. The van der Waals surface area contributed by atoms with Gasteiger partial charge in [0.05, 0.1) is 13.7 Å². The lowest BCUT2D eigenvalue weighted by molar-refractivity contribution is -0.152. The molecule has 0 saturated heterocycles. The number of alkyl carbamates (subject to hydrolysis) is 1. The Bertz CT molecular complexity index is 1110. The maximum absolute atomic E-state index is 13.3. The fraction of sp³-hybridized carbons (Fsp3) is 0.393. The third kappa shape index (κ3) is 10.0. The summed E-state index contributed by atoms with van der Waals surface area (Å²) in [7, 11) is 1.19. The fourth-order valence-corrected chi connectivity index (χ4v) is 3.48. The summed E-state index contributed by atoms with van der Waals surface area (Å²) >= 11 is 0. The van der Waals surface area contributed by atoms with Crippen molar-refractivity contribution in [2.75, 3.05) is 20.2 Å².